The topological polar surface area (TPSA) is 41.3 Å². The van der Waals surface area contributed by atoms with Gasteiger partial charge in [-0.25, -0.2) is 0 Å². The van der Waals surface area contributed by atoms with Crippen LogP contribution in [0.3, 0.4) is 0 Å². The van der Waals surface area contributed by atoms with Crippen LogP contribution in [0.2, 0.25) is 0 Å². The summed E-state index contributed by atoms with van der Waals surface area (Å²) in [5, 5.41) is 7.39. The molecule has 1 aromatic heterocycles. The molecular formula is C14H25N3O. The molecule has 1 aromatic rings. The van der Waals surface area contributed by atoms with Crippen LogP contribution in [0.5, 0.6) is 0 Å². The first kappa shape index (κ1) is 14.9. The lowest BCUT2D eigenvalue weighted by Gasteiger charge is -2.18. The SMILES string of the molecule is C=C(C)CN(CC)Cc1cc(CNC(C)C)no1. The van der Waals surface area contributed by atoms with E-state index < -0.39 is 0 Å². The minimum Gasteiger partial charge on any atom is -0.360 e. The Kier molecular flexibility index (Phi) is 6.09. The maximum absolute atomic E-state index is 5.35. The van der Waals surface area contributed by atoms with Crippen LogP contribution < -0.4 is 5.32 Å². The number of rotatable bonds is 8. The molecule has 0 saturated heterocycles. The molecule has 0 aliphatic carbocycles. The average Bonchev–Trinajstić information content (AvgIpc) is 2.72. The minimum absolute atomic E-state index is 0.459. The molecule has 0 bridgehead atoms. The van der Waals surface area contributed by atoms with Gasteiger partial charge in [0.2, 0.25) is 0 Å². The van der Waals surface area contributed by atoms with Crippen molar-refractivity contribution in [1.82, 2.24) is 15.4 Å². The zero-order chi connectivity index (χ0) is 13.5. The third kappa shape index (κ3) is 5.47. The van der Waals surface area contributed by atoms with E-state index in [1.54, 1.807) is 0 Å². The molecule has 1 heterocycles. The zero-order valence-corrected chi connectivity index (χ0v) is 12.0. The molecule has 0 fully saturated rings. The Hall–Kier alpha value is -1.13. The Labute approximate surface area is 110 Å². The maximum atomic E-state index is 5.35. The summed E-state index contributed by atoms with van der Waals surface area (Å²) in [6.07, 6.45) is 0. The predicted octanol–water partition coefficient (Wildman–Crippen LogP) is 2.57. The number of nitrogens with one attached hydrogen (secondary N) is 1. The van der Waals surface area contributed by atoms with Gasteiger partial charge in [0.05, 0.1) is 12.2 Å². The molecule has 0 aliphatic rings. The number of hydrogen-bond donors (Lipinski definition) is 1. The molecule has 0 aliphatic heterocycles. The van der Waals surface area contributed by atoms with Gasteiger partial charge in [-0.15, -0.1) is 0 Å². The van der Waals surface area contributed by atoms with E-state index in [1.807, 2.05) is 13.0 Å². The molecule has 102 valence electrons. The van der Waals surface area contributed by atoms with E-state index in [4.69, 9.17) is 4.52 Å². The molecule has 0 amide bonds. The van der Waals surface area contributed by atoms with Crippen LogP contribution in [0.4, 0.5) is 0 Å². The van der Waals surface area contributed by atoms with Crippen molar-refractivity contribution in [3.05, 3.63) is 29.7 Å². The number of nitrogens with zero attached hydrogens (tertiary/aromatic N) is 2. The zero-order valence-electron chi connectivity index (χ0n) is 12.0. The molecule has 4 nitrogen and oxygen atoms in total. The quantitative estimate of drug-likeness (QED) is 0.721. The summed E-state index contributed by atoms with van der Waals surface area (Å²) in [7, 11) is 0. The number of likely N-dealkylation sites (N-methyl/N-ethyl adjacent to an activating group) is 1. The van der Waals surface area contributed by atoms with Gasteiger partial charge in [-0.3, -0.25) is 4.90 Å². The van der Waals surface area contributed by atoms with Crippen LogP contribution in [-0.2, 0) is 13.1 Å². The second-order valence-corrected chi connectivity index (χ2v) is 5.08. The fraction of sp³-hybridized carbons (Fsp3) is 0.643. The third-order valence-corrected chi connectivity index (χ3v) is 2.62. The first-order valence-corrected chi connectivity index (χ1v) is 6.55. The molecule has 1 N–H and O–H groups in total. The largest absolute Gasteiger partial charge is 0.360 e. The normalized spacial score (nSPS) is 11.4. The lowest BCUT2D eigenvalue weighted by molar-refractivity contribution is 0.256. The summed E-state index contributed by atoms with van der Waals surface area (Å²) in [6, 6.07) is 2.48. The van der Waals surface area contributed by atoms with Gasteiger partial charge in [0.1, 0.15) is 0 Å². The minimum atomic E-state index is 0.459. The van der Waals surface area contributed by atoms with Crippen LogP contribution in [-0.4, -0.2) is 29.2 Å². The average molecular weight is 251 g/mol. The molecule has 0 aromatic carbocycles. The molecule has 1 rings (SSSR count). The van der Waals surface area contributed by atoms with Gasteiger partial charge in [0, 0.05) is 25.2 Å². The summed E-state index contributed by atoms with van der Waals surface area (Å²) in [5.41, 5.74) is 2.13. The van der Waals surface area contributed by atoms with Gasteiger partial charge in [-0.2, -0.15) is 0 Å². The van der Waals surface area contributed by atoms with Crippen LogP contribution in [0.25, 0.3) is 0 Å². The van der Waals surface area contributed by atoms with Crippen molar-refractivity contribution >= 4 is 0 Å². The molecule has 18 heavy (non-hydrogen) atoms. The third-order valence-electron chi connectivity index (χ3n) is 2.62. The van der Waals surface area contributed by atoms with Gasteiger partial charge in [-0.05, 0) is 13.5 Å². The summed E-state index contributed by atoms with van der Waals surface area (Å²) < 4.78 is 5.35. The molecule has 4 heteroatoms. The summed E-state index contributed by atoms with van der Waals surface area (Å²) >= 11 is 0. The van der Waals surface area contributed by atoms with E-state index in [0.717, 1.165) is 43.2 Å². The first-order chi connectivity index (χ1) is 8.51. The van der Waals surface area contributed by atoms with Gasteiger partial charge in [-0.1, -0.05) is 38.1 Å². The Bertz CT molecular complexity index is 371. The lowest BCUT2D eigenvalue weighted by Crippen LogP contribution is -2.24. The van der Waals surface area contributed by atoms with Gasteiger partial charge in [0.25, 0.3) is 0 Å². The van der Waals surface area contributed by atoms with Crippen LogP contribution in [0.1, 0.15) is 39.1 Å². The molecule has 0 saturated carbocycles. The van der Waals surface area contributed by atoms with E-state index in [2.05, 4.69) is 42.7 Å². The fourth-order valence-corrected chi connectivity index (χ4v) is 1.70. The molecule has 0 unspecified atom stereocenters. The highest BCUT2D eigenvalue weighted by atomic mass is 16.5. The van der Waals surface area contributed by atoms with Gasteiger partial charge in [0.15, 0.2) is 5.76 Å². The van der Waals surface area contributed by atoms with Crippen molar-refractivity contribution in [3.63, 3.8) is 0 Å². The highest BCUT2D eigenvalue weighted by molar-refractivity contribution is 5.06. The molecule has 0 radical (unpaired) electrons. The lowest BCUT2D eigenvalue weighted by atomic mass is 10.3. The van der Waals surface area contributed by atoms with E-state index in [-0.39, 0.29) is 0 Å². The molecule has 0 atom stereocenters. The Morgan fingerprint density at radius 2 is 2.28 bits per heavy atom. The second-order valence-electron chi connectivity index (χ2n) is 5.08. The Morgan fingerprint density at radius 3 is 2.83 bits per heavy atom. The summed E-state index contributed by atoms with van der Waals surface area (Å²) in [6.45, 7) is 15.8. The van der Waals surface area contributed by atoms with E-state index in [1.165, 1.54) is 0 Å². The van der Waals surface area contributed by atoms with Crippen molar-refractivity contribution in [3.8, 4) is 0 Å². The van der Waals surface area contributed by atoms with Gasteiger partial charge >= 0.3 is 0 Å². The van der Waals surface area contributed by atoms with Crippen molar-refractivity contribution in [2.24, 2.45) is 0 Å². The monoisotopic (exact) mass is 251 g/mol. The van der Waals surface area contributed by atoms with Crippen molar-refractivity contribution in [2.75, 3.05) is 13.1 Å². The van der Waals surface area contributed by atoms with Crippen molar-refractivity contribution in [1.29, 1.82) is 0 Å². The van der Waals surface area contributed by atoms with E-state index in [0.29, 0.717) is 6.04 Å². The highest BCUT2D eigenvalue weighted by Crippen LogP contribution is 2.08. The van der Waals surface area contributed by atoms with E-state index in [9.17, 15) is 0 Å². The maximum Gasteiger partial charge on any atom is 0.151 e. The Balaban J connectivity index is 2.49. The van der Waals surface area contributed by atoms with Gasteiger partial charge < -0.3 is 9.84 Å². The smallest absolute Gasteiger partial charge is 0.151 e. The van der Waals surface area contributed by atoms with Crippen LogP contribution in [0.15, 0.2) is 22.7 Å². The van der Waals surface area contributed by atoms with Crippen LogP contribution >= 0.6 is 0 Å². The second kappa shape index (κ2) is 7.34. The van der Waals surface area contributed by atoms with E-state index >= 15 is 0 Å². The summed E-state index contributed by atoms with van der Waals surface area (Å²) in [4.78, 5) is 2.28. The summed E-state index contributed by atoms with van der Waals surface area (Å²) in [5.74, 6) is 0.915. The first-order valence-electron chi connectivity index (χ1n) is 6.55. The number of aromatic nitrogens is 1. The molecule has 0 spiro atoms. The Morgan fingerprint density at radius 1 is 1.56 bits per heavy atom. The standard InChI is InChI=1S/C14H25N3O/c1-6-17(9-11(2)3)10-14-7-13(16-18-14)8-15-12(4)5/h7,12,15H,2,6,8-10H2,1,3-5H3. The van der Waals surface area contributed by atoms with Crippen molar-refractivity contribution in [2.45, 2.75) is 46.8 Å². The van der Waals surface area contributed by atoms with Crippen molar-refractivity contribution < 1.29 is 4.52 Å². The molecular weight excluding hydrogens is 226 g/mol. The predicted molar refractivity (Wildman–Crippen MR) is 74.2 cm³/mol. The fourth-order valence-electron chi connectivity index (χ4n) is 1.70. The van der Waals surface area contributed by atoms with Crippen LogP contribution in [0, 0.1) is 0 Å². The number of hydrogen-bond acceptors (Lipinski definition) is 4. The highest BCUT2D eigenvalue weighted by Gasteiger charge is 2.09.